The number of hydrogen-bond donors (Lipinski definition) is 1. The highest BCUT2D eigenvalue weighted by Crippen LogP contribution is 2.34. The molecule has 128 valence electrons. The Morgan fingerprint density at radius 3 is 2.69 bits per heavy atom. The number of carbonyl (C=O) groups excluding carboxylic acids is 1. The van der Waals surface area contributed by atoms with Crippen LogP contribution in [0.25, 0.3) is 11.1 Å². The molecule has 4 rings (SSSR count). The minimum absolute atomic E-state index is 0.113. The summed E-state index contributed by atoms with van der Waals surface area (Å²) in [6.45, 7) is 1.92. The van der Waals surface area contributed by atoms with Gasteiger partial charge in [-0.3, -0.25) is 9.79 Å². The zero-order valence-electron chi connectivity index (χ0n) is 14.0. The van der Waals surface area contributed by atoms with Gasteiger partial charge in [0.25, 0.3) is 0 Å². The molecule has 5 nitrogen and oxygen atoms in total. The van der Waals surface area contributed by atoms with E-state index in [0.29, 0.717) is 22.1 Å². The number of fused-ring (bicyclic) bond motifs is 1. The van der Waals surface area contributed by atoms with Crippen molar-refractivity contribution in [2.24, 2.45) is 4.99 Å². The molecule has 1 aliphatic rings. The number of halogens is 1. The van der Waals surface area contributed by atoms with Crippen LogP contribution in [0.3, 0.4) is 0 Å². The second-order valence-electron chi connectivity index (χ2n) is 6.11. The number of nitrogens with zero attached hydrogens (tertiary/aromatic N) is 3. The summed E-state index contributed by atoms with van der Waals surface area (Å²) >= 11 is 6.18. The van der Waals surface area contributed by atoms with Gasteiger partial charge in [-0.05, 0) is 47.9 Å². The van der Waals surface area contributed by atoms with E-state index in [1.165, 1.54) is 0 Å². The van der Waals surface area contributed by atoms with E-state index in [-0.39, 0.29) is 12.3 Å². The van der Waals surface area contributed by atoms with Crippen LogP contribution < -0.4 is 5.32 Å². The second-order valence-corrected chi connectivity index (χ2v) is 6.52. The van der Waals surface area contributed by atoms with Gasteiger partial charge in [0.05, 0.1) is 35.9 Å². The first-order chi connectivity index (χ1) is 12.6. The lowest BCUT2D eigenvalue weighted by Crippen LogP contribution is -2.15. The molecular formula is C20H15ClN4O. The molecule has 26 heavy (non-hydrogen) atoms. The SMILES string of the molecule is Cc1cc2c(cc1Cl)NC(=O)CC(c1cccc(-c3ccnnc3)c1)=N2. The number of nitrogens with one attached hydrogen (secondary N) is 1. The molecule has 0 fully saturated rings. The zero-order valence-corrected chi connectivity index (χ0v) is 14.8. The van der Waals surface area contributed by atoms with E-state index < -0.39 is 0 Å². The molecule has 0 atom stereocenters. The molecule has 0 aliphatic carbocycles. The Labute approximate surface area is 155 Å². The number of benzene rings is 2. The van der Waals surface area contributed by atoms with Gasteiger partial charge < -0.3 is 5.32 Å². The van der Waals surface area contributed by atoms with Crippen LogP contribution in [0.5, 0.6) is 0 Å². The lowest BCUT2D eigenvalue weighted by Gasteiger charge is -2.07. The molecule has 1 aliphatic heterocycles. The van der Waals surface area contributed by atoms with Crippen molar-refractivity contribution in [3.8, 4) is 11.1 Å². The highest BCUT2D eigenvalue weighted by atomic mass is 35.5. The van der Waals surface area contributed by atoms with Crippen LogP contribution in [-0.4, -0.2) is 21.8 Å². The van der Waals surface area contributed by atoms with E-state index >= 15 is 0 Å². The molecule has 0 saturated heterocycles. The van der Waals surface area contributed by atoms with Crippen molar-refractivity contribution in [3.63, 3.8) is 0 Å². The first-order valence-corrected chi connectivity index (χ1v) is 8.53. The Morgan fingerprint density at radius 2 is 1.88 bits per heavy atom. The quantitative estimate of drug-likeness (QED) is 0.726. The van der Waals surface area contributed by atoms with Gasteiger partial charge in [0, 0.05) is 10.6 Å². The summed E-state index contributed by atoms with van der Waals surface area (Å²) in [6.07, 6.45) is 3.56. The van der Waals surface area contributed by atoms with Crippen LogP contribution in [0.15, 0.2) is 59.9 Å². The Balaban J connectivity index is 1.80. The summed E-state index contributed by atoms with van der Waals surface area (Å²) in [5.41, 5.74) is 5.84. The lowest BCUT2D eigenvalue weighted by atomic mass is 10.0. The lowest BCUT2D eigenvalue weighted by molar-refractivity contribution is -0.115. The number of hydrogen-bond acceptors (Lipinski definition) is 4. The highest BCUT2D eigenvalue weighted by Gasteiger charge is 2.18. The van der Waals surface area contributed by atoms with Crippen LogP contribution in [0.1, 0.15) is 17.5 Å². The molecule has 0 radical (unpaired) electrons. The summed E-state index contributed by atoms with van der Waals surface area (Å²) in [5.74, 6) is -0.113. The topological polar surface area (TPSA) is 67.2 Å². The van der Waals surface area contributed by atoms with E-state index in [2.05, 4.69) is 15.5 Å². The van der Waals surface area contributed by atoms with Crippen molar-refractivity contribution < 1.29 is 4.79 Å². The third kappa shape index (κ3) is 3.21. The first kappa shape index (κ1) is 16.4. The zero-order chi connectivity index (χ0) is 18.1. The smallest absolute Gasteiger partial charge is 0.230 e. The fraction of sp³-hybridized carbons (Fsp3) is 0.100. The predicted molar refractivity (Wildman–Crippen MR) is 103 cm³/mol. The van der Waals surface area contributed by atoms with E-state index in [1.54, 1.807) is 18.5 Å². The summed E-state index contributed by atoms with van der Waals surface area (Å²) in [6, 6.07) is 13.4. The average Bonchev–Trinajstić information content (AvgIpc) is 2.81. The monoisotopic (exact) mass is 362 g/mol. The highest BCUT2D eigenvalue weighted by molar-refractivity contribution is 6.32. The second kappa shape index (κ2) is 6.69. The molecule has 0 saturated carbocycles. The van der Waals surface area contributed by atoms with E-state index in [4.69, 9.17) is 16.6 Å². The van der Waals surface area contributed by atoms with Gasteiger partial charge in [0.1, 0.15) is 0 Å². The van der Waals surface area contributed by atoms with Crippen molar-refractivity contribution in [2.75, 3.05) is 5.32 Å². The number of anilines is 1. The van der Waals surface area contributed by atoms with E-state index in [1.807, 2.05) is 43.3 Å². The Hall–Kier alpha value is -3.05. The number of rotatable bonds is 2. The maximum atomic E-state index is 12.3. The van der Waals surface area contributed by atoms with Gasteiger partial charge >= 0.3 is 0 Å². The molecule has 0 bridgehead atoms. The minimum Gasteiger partial charge on any atom is -0.324 e. The van der Waals surface area contributed by atoms with Crippen molar-refractivity contribution in [1.29, 1.82) is 0 Å². The molecule has 3 aromatic rings. The van der Waals surface area contributed by atoms with Crippen molar-refractivity contribution in [3.05, 3.63) is 71.0 Å². The Kier molecular flexibility index (Phi) is 4.22. The number of aromatic nitrogens is 2. The Morgan fingerprint density at radius 1 is 1.04 bits per heavy atom. The molecule has 2 aromatic carbocycles. The van der Waals surface area contributed by atoms with Gasteiger partial charge in [-0.15, -0.1) is 0 Å². The molecule has 6 heteroatoms. The minimum atomic E-state index is -0.113. The van der Waals surface area contributed by atoms with Gasteiger partial charge in [0.15, 0.2) is 0 Å². The molecule has 1 amide bonds. The fourth-order valence-electron chi connectivity index (χ4n) is 2.90. The van der Waals surface area contributed by atoms with Crippen molar-refractivity contribution >= 4 is 34.6 Å². The summed E-state index contributed by atoms with van der Waals surface area (Å²) in [5, 5.41) is 11.2. The predicted octanol–water partition coefficient (Wildman–Crippen LogP) is 4.57. The van der Waals surface area contributed by atoms with Gasteiger partial charge in [-0.25, -0.2) is 0 Å². The van der Waals surface area contributed by atoms with Crippen molar-refractivity contribution in [1.82, 2.24) is 10.2 Å². The summed E-state index contributed by atoms with van der Waals surface area (Å²) in [4.78, 5) is 17.1. The number of carbonyl (C=O) groups is 1. The number of aliphatic imine (C=N–C) groups is 1. The van der Waals surface area contributed by atoms with Crippen LogP contribution in [-0.2, 0) is 4.79 Å². The van der Waals surface area contributed by atoms with Crippen LogP contribution >= 0.6 is 11.6 Å². The summed E-state index contributed by atoms with van der Waals surface area (Å²) < 4.78 is 0. The van der Waals surface area contributed by atoms with Gasteiger partial charge in [-0.1, -0.05) is 29.8 Å². The standard InChI is InChI=1S/C20H15ClN4O/c1-12-7-18-19(9-16(12)21)25-20(26)10-17(24-18)14-4-2-3-13(8-14)15-5-6-22-23-11-15/h2-9,11H,10H2,1H3,(H,25,26). The average molecular weight is 363 g/mol. The van der Waals surface area contributed by atoms with Gasteiger partial charge in [0.2, 0.25) is 5.91 Å². The van der Waals surface area contributed by atoms with Crippen molar-refractivity contribution in [2.45, 2.75) is 13.3 Å². The fourth-order valence-corrected chi connectivity index (χ4v) is 3.06. The number of aryl methyl sites for hydroxylation is 1. The van der Waals surface area contributed by atoms with E-state index in [0.717, 1.165) is 22.3 Å². The van der Waals surface area contributed by atoms with Crippen LogP contribution in [0.2, 0.25) is 5.02 Å². The molecule has 0 unspecified atom stereocenters. The van der Waals surface area contributed by atoms with Crippen LogP contribution in [0, 0.1) is 6.92 Å². The maximum absolute atomic E-state index is 12.3. The maximum Gasteiger partial charge on any atom is 0.230 e. The molecule has 2 heterocycles. The molecular weight excluding hydrogens is 348 g/mol. The van der Waals surface area contributed by atoms with Crippen LogP contribution in [0.4, 0.5) is 11.4 Å². The van der Waals surface area contributed by atoms with E-state index in [9.17, 15) is 4.79 Å². The third-order valence-corrected chi connectivity index (χ3v) is 4.66. The third-order valence-electron chi connectivity index (χ3n) is 4.25. The molecule has 0 spiro atoms. The first-order valence-electron chi connectivity index (χ1n) is 8.15. The summed E-state index contributed by atoms with van der Waals surface area (Å²) in [7, 11) is 0. The largest absolute Gasteiger partial charge is 0.324 e. The Bertz CT molecular complexity index is 1030. The molecule has 1 N–H and O–H groups in total. The number of amides is 1. The normalized spacial score (nSPS) is 13.5. The van der Waals surface area contributed by atoms with Gasteiger partial charge in [-0.2, -0.15) is 10.2 Å². The molecule has 1 aromatic heterocycles.